The van der Waals surface area contributed by atoms with Crippen LogP contribution in [0.25, 0.3) is 0 Å². The van der Waals surface area contributed by atoms with Gasteiger partial charge < -0.3 is 14.8 Å². The molecule has 0 saturated heterocycles. The van der Waals surface area contributed by atoms with Crippen molar-refractivity contribution in [2.24, 2.45) is 0 Å². The molecule has 2 aromatic rings. The molecular weight excluding hydrogens is 318 g/mol. The molecule has 0 heterocycles. The van der Waals surface area contributed by atoms with Crippen LogP contribution in [0.3, 0.4) is 0 Å². The summed E-state index contributed by atoms with van der Waals surface area (Å²) in [7, 11) is 0. The van der Waals surface area contributed by atoms with Gasteiger partial charge in [-0.25, -0.2) is 4.79 Å². The molecule has 5 nitrogen and oxygen atoms in total. The largest absolute Gasteiger partial charge is 0.481 e. The van der Waals surface area contributed by atoms with Crippen molar-refractivity contribution in [3.8, 4) is 5.75 Å². The Morgan fingerprint density at radius 3 is 2.40 bits per heavy atom. The molecule has 1 atom stereocenters. The van der Waals surface area contributed by atoms with E-state index in [1.165, 1.54) is 0 Å². The third kappa shape index (κ3) is 5.35. The molecule has 25 heavy (non-hydrogen) atoms. The highest BCUT2D eigenvalue weighted by atomic mass is 16.5. The van der Waals surface area contributed by atoms with E-state index in [-0.39, 0.29) is 11.9 Å². The molecule has 0 aliphatic rings. The van der Waals surface area contributed by atoms with E-state index >= 15 is 0 Å². The zero-order chi connectivity index (χ0) is 18.2. The number of hydrogen-bond acceptors (Lipinski definition) is 4. The van der Waals surface area contributed by atoms with E-state index < -0.39 is 6.10 Å². The summed E-state index contributed by atoms with van der Waals surface area (Å²) in [6.07, 6.45) is 0.133. The molecule has 0 spiro atoms. The topological polar surface area (TPSA) is 64.6 Å². The van der Waals surface area contributed by atoms with Crippen LogP contribution in [0.1, 0.15) is 36.2 Å². The molecule has 0 aliphatic heterocycles. The normalized spacial score (nSPS) is 11.5. The Kier molecular flexibility index (Phi) is 6.57. The summed E-state index contributed by atoms with van der Waals surface area (Å²) in [5.41, 5.74) is 2.02. The quantitative estimate of drug-likeness (QED) is 0.774. The SMILES string of the molecule is CCCOC(=O)c1ccc(NC(=O)C(C)Oc2ccccc2C)cc1. The number of aryl methyl sites for hydroxylation is 1. The van der Waals surface area contributed by atoms with Crippen molar-refractivity contribution in [2.45, 2.75) is 33.3 Å². The number of rotatable bonds is 7. The fourth-order valence-corrected chi connectivity index (χ4v) is 2.14. The number of nitrogens with one attached hydrogen (secondary N) is 1. The number of hydrogen-bond donors (Lipinski definition) is 1. The van der Waals surface area contributed by atoms with Gasteiger partial charge in [-0.1, -0.05) is 25.1 Å². The molecule has 0 aromatic heterocycles. The van der Waals surface area contributed by atoms with E-state index in [4.69, 9.17) is 9.47 Å². The lowest BCUT2D eigenvalue weighted by molar-refractivity contribution is -0.122. The first-order valence-corrected chi connectivity index (χ1v) is 8.31. The third-order valence-corrected chi connectivity index (χ3v) is 3.59. The van der Waals surface area contributed by atoms with Crippen LogP contribution >= 0.6 is 0 Å². The molecule has 1 unspecified atom stereocenters. The average molecular weight is 341 g/mol. The van der Waals surface area contributed by atoms with E-state index in [0.717, 1.165) is 12.0 Å². The van der Waals surface area contributed by atoms with E-state index in [0.29, 0.717) is 23.6 Å². The maximum absolute atomic E-state index is 12.3. The van der Waals surface area contributed by atoms with Gasteiger partial charge in [0.2, 0.25) is 0 Å². The summed E-state index contributed by atoms with van der Waals surface area (Å²) < 4.78 is 10.8. The van der Waals surface area contributed by atoms with Gasteiger partial charge in [-0.2, -0.15) is 0 Å². The Balaban J connectivity index is 1.93. The second-order valence-electron chi connectivity index (χ2n) is 5.73. The van der Waals surface area contributed by atoms with Gasteiger partial charge in [0.05, 0.1) is 12.2 Å². The Bertz CT molecular complexity index is 725. The summed E-state index contributed by atoms with van der Waals surface area (Å²) >= 11 is 0. The minimum atomic E-state index is -0.643. The van der Waals surface area contributed by atoms with Gasteiger partial charge in [0.15, 0.2) is 6.10 Å². The van der Waals surface area contributed by atoms with Gasteiger partial charge in [0.25, 0.3) is 5.91 Å². The van der Waals surface area contributed by atoms with Crippen LogP contribution in [-0.2, 0) is 9.53 Å². The van der Waals surface area contributed by atoms with Crippen LogP contribution in [0, 0.1) is 6.92 Å². The van der Waals surface area contributed by atoms with Crippen molar-refractivity contribution in [2.75, 3.05) is 11.9 Å². The lowest BCUT2D eigenvalue weighted by Crippen LogP contribution is -2.30. The molecule has 0 fully saturated rings. The molecule has 0 saturated carbocycles. The number of carbonyl (C=O) groups is 2. The Morgan fingerprint density at radius 1 is 1.08 bits per heavy atom. The van der Waals surface area contributed by atoms with E-state index in [1.807, 2.05) is 38.1 Å². The number of amides is 1. The molecule has 132 valence electrons. The van der Waals surface area contributed by atoms with Crippen molar-refractivity contribution in [1.29, 1.82) is 0 Å². The highest BCUT2D eigenvalue weighted by molar-refractivity contribution is 5.95. The minimum absolute atomic E-state index is 0.260. The first-order valence-electron chi connectivity index (χ1n) is 8.31. The Labute approximate surface area is 148 Å². The van der Waals surface area contributed by atoms with Crippen LogP contribution in [-0.4, -0.2) is 24.6 Å². The molecule has 2 aromatic carbocycles. The summed E-state index contributed by atoms with van der Waals surface area (Å²) in [4.78, 5) is 24.0. The average Bonchev–Trinajstić information content (AvgIpc) is 2.62. The van der Waals surface area contributed by atoms with Crippen LogP contribution in [0.5, 0.6) is 5.75 Å². The van der Waals surface area contributed by atoms with Gasteiger partial charge in [-0.3, -0.25) is 4.79 Å². The number of carbonyl (C=O) groups excluding carboxylic acids is 2. The molecule has 0 bridgehead atoms. The molecule has 5 heteroatoms. The molecule has 1 N–H and O–H groups in total. The van der Waals surface area contributed by atoms with E-state index in [2.05, 4.69) is 5.32 Å². The standard InChI is InChI=1S/C20H23NO4/c1-4-13-24-20(23)16-9-11-17(12-10-16)21-19(22)15(3)25-18-8-6-5-7-14(18)2/h5-12,15H,4,13H2,1-3H3,(H,21,22). The second kappa shape index (κ2) is 8.87. The van der Waals surface area contributed by atoms with Crippen LogP contribution in [0.15, 0.2) is 48.5 Å². The first kappa shape index (κ1) is 18.5. The van der Waals surface area contributed by atoms with E-state index in [1.54, 1.807) is 31.2 Å². The lowest BCUT2D eigenvalue weighted by Gasteiger charge is -2.16. The van der Waals surface area contributed by atoms with Crippen molar-refractivity contribution in [1.82, 2.24) is 0 Å². The van der Waals surface area contributed by atoms with Gasteiger partial charge >= 0.3 is 5.97 Å². The number of para-hydroxylation sites is 1. The van der Waals surface area contributed by atoms with Gasteiger partial charge in [0.1, 0.15) is 5.75 Å². The molecule has 0 radical (unpaired) electrons. The summed E-state index contributed by atoms with van der Waals surface area (Å²) in [5.74, 6) is 0.0553. The van der Waals surface area contributed by atoms with Crippen molar-refractivity contribution >= 4 is 17.6 Å². The number of esters is 1. The van der Waals surface area contributed by atoms with Crippen LogP contribution < -0.4 is 10.1 Å². The predicted octanol–water partition coefficient (Wildman–Crippen LogP) is 3.97. The highest BCUT2D eigenvalue weighted by Crippen LogP contribution is 2.18. The molecule has 0 aliphatic carbocycles. The van der Waals surface area contributed by atoms with Crippen molar-refractivity contribution in [3.63, 3.8) is 0 Å². The Hall–Kier alpha value is -2.82. The predicted molar refractivity (Wildman–Crippen MR) is 96.9 cm³/mol. The maximum atomic E-state index is 12.3. The first-order chi connectivity index (χ1) is 12.0. The molecule has 2 rings (SSSR count). The summed E-state index contributed by atoms with van der Waals surface area (Å²) in [5, 5.41) is 2.77. The Morgan fingerprint density at radius 2 is 1.76 bits per heavy atom. The number of benzene rings is 2. The zero-order valence-corrected chi connectivity index (χ0v) is 14.7. The second-order valence-corrected chi connectivity index (χ2v) is 5.73. The maximum Gasteiger partial charge on any atom is 0.338 e. The smallest absolute Gasteiger partial charge is 0.338 e. The summed E-state index contributed by atoms with van der Waals surface area (Å²) in [6.45, 7) is 5.95. The number of anilines is 1. The molecule has 1 amide bonds. The van der Waals surface area contributed by atoms with Crippen LogP contribution in [0.4, 0.5) is 5.69 Å². The van der Waals surface area contributed by atoms with Gasteiger partial charge in [0, 0.05) is 5.69 Å². The van der Waals surface area contributed by atoms with Crippen molar-refractivity contribution in [3.05, 3.63) is 59.7 Å². The van der Waals surface area contributed by atoms with Gasteiger partial charge in [-0.05, 0) is 56.2 Å². The highest BCUT2D eigenvalue weighted by Gasteiger charge is 2.16. The summed E-state index contributed by atoms with van der Waals surface area (Å²) in [6, 6.07) is 14.1. The van der Waals surface area contributed by atoms with E-state index in [9.17, 15) is 9.59 Å². The lowest BCUT2D eigenvalue weighted by atomic mass is 10.2. The van der Waals surface area contributed by atoms with Crippen LogP contribution in [0.2, 0.25) is 0 Å². The monoisotopic (exact) mass is 341 g/mol. The van der Waals surface area contributed by atoms with Crippen molar-refractivity contribution < 1.29 is 19.1 Å². The third-order valence-electron chi connectivity index (χ3n) is 3.59. The molecular formula is C20H23NO4. The number of ether oxygens (including phenoxy) is 2. The fourth-order valence-electron chi connectivity index (χ4n) is 2.14. The van der Waals surface area contributed by atoms with Gasteiger partial charge in [-0.15, -0.1) is 0 Å². The zero-order valence-electron chi connectivity index (χ0n) is 14.7. The fraction of sp³-hybridized carbons (Fsp3) is 0.300. The minimum Gasteiger partial charge on any atom is -0.481 e.